The van der Waals surface area contributed by atoms with Gasteiger partial charge < -0.3 is 9.47 Å². The number of hydrogen-bond acceptors (Lipinski definition) is 3. The molecule has 0 N–H and O–H groups in total. The van der Waals surface area contributed by atoms with Crippen LogP contribution in [0.25, 0.3) is 0 Å². The molecule has 0 saturated carbocycles. The fourth-order valence-corrected chi connectivity index (χ4v) is 1.53. The van der Waals surface area contributed by atoms with Crippen molar-refractivity contribution in [1.29, 1.82) is 0 Å². The van der Waals surface area contributed by atoms with Gasteiger partial charge in [-0.05, 0) is 31.5 Å². The summed E-state index contributed by atoms with van der Waals surface area (Å²) >= 11 is 0. The van der Waals surface area contributed by atoms with E-state index in [1.165, 1.54) is 0 Å². The van der Waals surface area contributed by atoms with Crippen molar-refractivity contribution in [2.75, 3.05) is 14.2 Å². The van der Waals surface area contributed by atoms with Crippen LogP contribution in [0.5, 0.6) is 11.5 Å². The van der Waals surface area contributed by atoms with Gasteiger partial charge in [0, 0.05) is 12.0 Å². The molecule has 0 bridgehead atoms. The molecular weight excluding hydrogens is 192 g/mol. The molecule has 0 unspecified atom stereocenters. The molecule has 3 nitrogen and oxygen atoms in total. The van der Waals surface area contributed by atoms with E-state index in [4.69, 9.17) is 9.47 Å². The average molecular weight is 208 g/mol. The number of ether oxygens (including phenoxy) is 2. The van der Waals surface area contributed by atoms with Crippen LogP contribution in [0.15, 0.2) is 12.1 Å². The fraction of sp³-hybridized carbons (Fsp3) is 0.417. The highest BCUT2D eigenvalue weighted by atomic mass is 16.5. The first kappa shape index (κ1) is 11.6. The van der Waals surface area contributed by atoms with E-state index >= 15 is 0 Å². The minimum absolute atomic E-state index is 0.128. The first-order chi connectivity index (χ1) is 7.08. The standard InChI is InChI=1S/C12H16O3/c1-8(13)5-10-6-11(14-3)9(2)12(7-10)15-4/h6-7H,5H2,1-4H3. The van der Waals surface area contributed by atoms with E-state index in [1.807, 2.05) is 19.1 Å². The second kappa shape index (κ2) is 4.82. The molecule has 0 spiro atoms. The van der Waals surface area contributed by atoms with Crippen LogP contribution in [-0.4, -0.2) is 20.0 Å². The molecule has 1 aromatic carbocycles. The zero-order valence-corrected chi connectivity index (χ0v) is 9.59. The van der Waals surface area contributed by atoms with E-state index in [0.29, 0.717) is 6.42 Å². The van der Waals surface area contributed by atoms with Gasteiger partial charge in [-0.25, -0.2) is 0 Å². The van der Waals surface area contributed by atoms with E-state index in [9.17, 15) is 4.79 Å². The topological polar surface area (TPSA) is 35.5 Å². The molecule has 0 radical (unpaired) electrons. The minimum Gasteiger partial charge on any atom is -0.496 e. The number of hydrogen-bond donors (Lipinski definition) is 0. The van der Waals surface area contributed by atoms with Gasteiger partial charge in [-0.15, -0.1) is 0 Å². The third kappa shape index (κ3) is 2.72. The zero-order chi connectivity index (χ0) is 11.4. The largest absolute Gasteiger partial charge is 0.496 e. The van der Waals surface area contributed by atoms with E-state index in [0.717, 1.165) is 22.6 Å². The van der Waals surface area contributed by atoms with Crippen LogP contribution in [0.4, 0.5) is 0 Å². The molecule has 0 aliphatic heterocycles. The molecular formula is C12H16O3. The van der Waals surface area contributed by atoms with Crippen molar-refractivity contribution in [3.63, 3.8) is 0 Å². The Morgan fingerprint density at radius 2 is 1.67 bits per heavy atom. The molecule has 1 aromatic rings. The number of methoxy groups -OCH3 is 2. The van der Waals surface area contributed by atoms with Gasteiger partial charge in [0.2, 0.25) is 0 Å². The highest BCUT2D eigenvalue weighted by molar-refractivity contribution is 5.78. The maximum atomic E-state index is 11.0. The second-order valence-corrected chi connectivity index (χ2v) is 3.50. The maximum Gasteiger partial charge on any atom is 0.134 e. The van der Waals surface area contributed by atoms with Crippen molar-refractivity contribution in [2.45, 2.75) is 20.3 Å². The summed E-state index contributed by atoms with van der Waals surface area (Å²) < 4.78 is 10.4. The monoisotopic (exact) mass is 208 g/mol. The summed E-state index contributed by atoms with van der Waals surface area (Å²) in [6, 6.07) is 3.75. The van der Waals surface area contributed by atoms with E-state index in [-0.39, 0.29) is 5.78 Å². The first-order valence-electron chi connectivity index (χ1n) is 4.79. The van der Waals surface area contributed by atoms with Gasteiger partial charge in [0.25, 0.3) is 0 Å². The van der Waals surface area contributed by atoms with Crippen LogP contribution < -0.4 is 9.47 Å². The summed E-state index contributed by atoms with van der Waals surface area (Å²) in [6.07, 6.45) is 0.410. The van der Waals surface area contributed by atoms with E-state index in [2.05, 4.69) is 0 Å². The summed E-state index contributed by atoms with van der Waals surface area (Å²) in [5.41, 5.74) is 1.87. The lowest BCUT2D eigenvalue weighted by Crippen LogP contribution is -2.00. The van der Waals surface area contributed by atoms with Crippen molar-refractivity contribution in [3.8, 4) is 11.5 Å². The third-order valence-electron chi connectivity index (χ3n) is 2.27. The summed E-state index contributed by atoms with van der Waals surface area (Å²) in [4.78, 5) is 11.0. The van der Waals surface area contributed by atoms with Gasteiger partial charge in [-0.3, -0.25) is 4.79 Å². The predicted molar refractivity (Wildman–Crippen MR) is 58.7 cm³/mol. The molecule has 0 amide bonds. The molecule has 0 fully saturated rings. The fourth-order valence-electron chi connectivity index (χ4n) is 1.53. The summed E-state index contributed by atoms with van der Waals surface area (Å²) in [7, 11) is 3.22. The van der Waals surface area contributed by atoms with Crippen LogP contribution in [0, 0.1) is 6.92 Å². The van der Waals surface area contributed by atoms with Crippen molar-refractivity contribution in [3.05, 3.63) is 23.3 Å². The molecule has 0 atom stereocenters. The molecule has 0 heterocycles. The second-order valence-electron chi connectivity index (χ2n) is 3.50. The number of carbonyl (C=O) groups is 1. The van der Waals surface area contributed by atoms with Crippen molar-refractivity contribution in [2.24, 2.45) is 0 Å². The van der Waals surface area contributed by atoms with E-state index in [1.54, 1.807) is 21.1 Å². The summed E-state index contributed by atoms with van der Waals surface area (Å²) in [6.45, 7) is 3.49. The zero-order valence-electron chi connectivity index (χ0n) is 9.59. The Labute approximate surface area is 90.0 Å². The normalized spacial score (nSPS) is 9.87. The Kier molecular flexibility index (Phi) is 3.72. The van der Waals surface area contributed by atoms with Crippen molar-refractivity contribution in [1.82, 2.24) is 0 Å². The number of rotatable bonds is 4. The Hall–Kier alpha value is -1.51. The molecule has 15 heavy (non-hydrogen) atoms. The van der Waals surface area contributed by atoms with Gasteiger partial charge in [0.15, 0.2) is 0 Å². The van der Waals surface area contributed by atoms with Crippen LogP contribution >= 0.6 is 0 Å². The summed E-state index contributed by atoms with van der Waals surface area (Å²) in [5, 5.41) is 0. The highest BCUT2D eigenvalue weighted by Gasteiger charge is 2.09. The minimum atomic E-state index is 0.128. The molecule has 3 heteroatoms. The first-order valence-corrected chi connectivity index (χ1v) is 4.79. The van der Waals surface area contributed by atoms with Gasteiger partial charge in [0.1, 0.15) is 17.3 Å². The Morgan fingerprint density at radius 1 is 1.20 bits per heavy atom. The smallest absolute Gasteiger partial charge is 0.134 e. The molecule has 0 aliphatic carbocycles. The lowest BCUT2D eigenvalue weighted by molar-refractivity contribution is -0.116. The Balaban J connectivity index is 3.14. The number of carbonyl (C=O) groups excluding carboxylic acids is 1. The lowest BCUT2D eigenvalue weighted by atomic mass is 10.1. The quantitative estimate of drug-likeness (QED) is 0.760. The number of ketones is 1. The molecule has 82 valence electrons. The molecule has 0 aliphatic rings. The average Bonchev–Trinajstić information content (AvgIpc) is 2.19. The molecule has 0 aromatic heterocycles. The predicted octanol–water partition coefficient (Wildman–Crippen LogP) is 2.14. The van der Waals surface area contributed by atoms with Gasteiger partial charge in [-0.1, -0.05) is 0 Å². The molecule has 0 saturated heterocycles. The third-order valence-corrected chi connectivity index (χ3v) is 2.27. The Bertz CT molecular complexity index is 344. The Morgan fingerprint density at radius 3 is 2.00 bits per heavy atom. The number of Topliss-reactive ketones (excluding diaryl/α,β-unsaturated/α-hetero) is 1. The number of benzene rings is 1. The van der Waals surface area contributed by atoms with Crippen molar-refractivity contribution < 1.29 is 14.3 Å². The summed E-state index contributed by atoms with van der Waals surface area (Å²) in [5.74, 6) is 1.64. The SMILES string of the molecule is COc1cc(CC(C)=O)cc(OC)c1C. The van der Waals surface area contributed by atoms with Crippen LogP contribution in [0.2, 0.25) is 0 Å². The molecule has 1 rings (SSSR count). The maximum absolute atomic E-state index is 11.0. The van der Waals surface area contributed by atoms with Crippen LogP contribution in [-0.2, 0) is 11.2 Å². The van der Waals surface area contributed by atoms with Crippen molar-refractivity contribution >= 4 is 5.78 Å². The van der Waals surface area contributed by atoms with Crippen LogP contribution in [0.3, 0.4) is 0 Å². The van der Waals surface area contributed by atoms with Gasteiger partial charge in [0.05, 0.1) is 14.2 Å². The highest BCUT2D eigenvalue weighted by Crippen LogP contribution is 2.29. The van der Waals surface area contributed by atoms with Crippen LogP contribution in [0.1, 0.15) is 18.1 Å². The van der Waals surface area contributed by atoms with E-state index < -0.39 is 0 Å². The van der Waals surface area contributed by atoms with Gasteiger partial charge >= 0.3 is 0 Å². The lowest BCUT2D eigenvalue weighted by Gasteiger charge is -2.11. The van der Waals surface area contributed by atoms with Gasteiger partial charge in [-0.2, -0.15) is 0 Å².